The molecule has 2 aliphatic carbocycles. The van der Waals surface area contributed by atoms with Gasteiger partial charge in [0, 0.05) is 73.7 Å². The minimum absolute atomic E-state index is 0.0856. The van der Waals surface area contributed by atoms with Gasteiger partial charge in [-0.3, -0.25) is 9.59 Å². The number of hydrogen-bond acceptors (Lipinski definition) is 23. The van der Waals surface area contributed by atoms with Crippen molar-refractivity contribution in [1.29, 1.82) is 0 Å². The summed E-state index contributed by atoms with van der Waals surface area (Å²) in [5, 5.41) is 80.5. The molecule has 6 heterocycles. The van der Waals surface area contributed by atoms with Crippen LogP contribution < -0.4 is 0 Å². The molecule has 23 heteroatoms. The maximum atomic E-state index is 14.5. The summed E-state index contributed by atoms with van der Waals surface area (Å²) in [6, 6.07) is 3.27. The second-order valence-electron chi connectivity index (χ2n) is 24.6. The average molecular weight is 1160 g/mol. The number of hydrogen-bond donors (Lipinski definition) is 7. The van der Waals surface area contributed by atoms with Gasteiger partial charge in [0.2, 0.25) is 5.78 Å². The molecule has 2 aromatic rings. The van der Waals surface area contributed by atoms with Crippen molar-refractivity contribution >= 4 is 11.6 Å². The lowest BCUT2D eigenvalue weighted by Crippen LogP contribution is -2.58. The molecule has 6 aliphatic heterocycles. The highest BCUT2D eigenvalue weighted by molar-refractivity contribution is 6.31. The molecule has 8 aliphatic rings. The monoisotopic (exact) mass is 1160 g/mol. The summed E-state index contributed by atoms with van der Waals surface area (Å²) in [4.78, 5) is 32.9. The zero-order chi connectivity index (χ0) is 59.0. The van der Waals surface area contributed by atoms with E-state index < -0.39 is 163 Å². The SMILES string of the molecule is CC1OC(OC2CCC(OC3C(C)OC(OC4c5c(O)c6c(c(O)c5C(OC5CC(N(C)C)C(OC7CC(O)C(OC8CCC(O)C(C)O8)C(C)O7)C(C)O5)CC4(C)O)C(=O)c4c(O)cccc4C6=O)CC3N(C)C)OC2C)CCC1O. The van der Waals surface area contributed by atoms with Gasteiger partial charge in [0.05, 0.1) is 89.4 Å². The Bertz CT molecular complexity index is 2590. The molecule has 7 N–H and O–H groups in total. The van der Waals surface area contributed by atoms with Crippen molar-refractivity contribution in [2.75, 3.05) is 28.2 Å². The van der Waals surface area contributed by atoms with Crippen molar-refractivity contribution in [3.05, 3.63) is 51.6 Å². The molecule has 2 aromatic carbocycles. The van der Waals surface area contributed by atoms with Crippen LogP contribution in [0.4, 0.5) is 0 Å². The molecule has 0 spiro atoms. The van der Waals surface area contributed by atoms with E-state index in [1.807, 2.05) is 65.7 Å². The van der Waals surface area contributed by atoms with Crippen LogP contribution in [0.2, 0.25) is 0 Å². The first kappa shape index (κ1) is 61.5. The largest absolute Gasteiger partial charge is 0.507 e. The van der Waals surface area contributed by atoms with E-state index in [9.17, 15) is 45.3 Å². The van der Waals surface area contributed by atoms with Gasteiger partial charge in [-0.25, -0.2) is 0 Å². The maximum absolute atomic E-state index is 14.5. The van der Waals surface area contributed by atoms with Gasteiger partial charge in [-0.2, -0.15) is 0 Å². The number of carbonyl (C=O) groups is 2. The number of likely N-dealkylation sites (N-methyl/N-ethyl adjacent to an activating group) is 2. The number of phenols is 3. The van der Waals surface area contributed by atoms with Crippen molar-refractivity contribution < 1.29 is 102 Å². The normalized spacial score (nSPS) is 42.7. The van der Waals surface area contributed by atoms with E-state index >= 15 is 0 Å². The van der Waals surface area contributed by atoms with Gasteiger partial charge in [-0.15, -0.1) is 0 Å². The summed E-state index contributed by atoms with van der Waals surface area (Å²) in [7, 11) is 7.55. The van der Waals surface area contributed by atoms with Crippen LogP contribution in [0.5, 0.6) is 17.2 Å². The molecule has 458 valence electrons. The van der Waals surface area contributed by atoms with Crippen LogP contribution in [-0.4, -0.2) is 220 Å². The van der Waals surface area contributed by atoms with Crippen LogP contribution >= 0.6 is 0 Å². The number of fused-ring (bicyclic) bond motifs is 3. The third-order valence-corrected chi connectivity index (χ3v) is 18.1. The Morgan fingerprint density at radius 2 is 0.963 bits per heavy atom. The standard InChI is InChI=1S/C59H86N2O21/c1-25-34(62)15-18-40(71-25)77-38-17-20-42(73-27(38)3)79-55-28(4)75-44(22-33(55)61(10)11)82-58-50-47(53(68)49-48(54(50)69)51(66)31-13-12-14-36(64)46(31)52(49)67)39(24-59(58,7)70)78-43-21-32(60(8)9)56(29(5)74-43)81-45-23-37(65)57(30(6)76-45)80-41-19-16-35(63)26(2)72-41/h12-14,25-30,32-35,37-45,55-58,62-65,68-70H,15-24H2,1-11H3. The van der Waals surface area contributed by atoms with Gasteiger partial charge in [-0.1, -0.05) is 12.1 Å². The third kappa shape index (κ3) is 12.3. The lowest BCUT2D eigenvalue weighted by Gasteiger charge is -2.49. The first-order valence-electron chi connectivity index (χ1n) is 29.3. The quantitative estimate of drug-likeness (QED) is 0.111. The zero-order valence-corrected chi connectivity index (χ0v) is 48.8. The number of benzene rings is 2. The molecule has 24 unspecified atom stereocenters. The summed E-state index contributed by atoms with van der Waals surface area (Å²) in [6.07, 6.45) is -11.0. The minimum Gasteiger partial charge on any atom is -0.507 e. The highest BCUT2D eigenvalue weighted by Gasteiger charge is 2.54. The van der Waals surface area contributed by atoms with E-state index in [2.05, 4.69) is 0 Å². The molecule has 10 rings (SSSR count). The van der Waals surface area contributed by atoms with Gasteiger partial charge >= 0.3 is 0 Å². The van der Waals surface area contributed by atoms with E-state index in [-0.39, 0.29) is 72.3 Å². The smallest absolute Gasteiger partial charge is 0.202 e. The summed E-state index contributed by atoms with van der Waals surface area (Å²) in [5.74, 6) is -3.65. The fourth-order valence-electron chi connectivity index (χ4n) is 13.5. The molecule has 82 heavy (non-hydrogen) atoms. The molecule has 24 atom stereocenters. The summed E-state index contributed by atoms with van der Waals surface area (Å²) >= 11 is 0. The van der Waals surface area contributed by atoms with Gasteiger partial charge in [0.25, 0.3) is 0 Å². The Labute approximate surface area is 478 Å². The summed E-state index contributed by atoms with van der Waals surface area (Å²) in [6.45, 7) is 12.5. The van der Waals surface area contributed by atoms with Crippen molar-refractivity contribution in [3.8, 4) is 17.2 Å². The van der Waals surface area contributed by atoms with Gasteiger partial charge in [-0.05, 0) is 102 Å². The lowest BCUT2D eigenvalue weighted by molar-refractivity contribution is -0.330. The molecule has 0 radical (unpaired) electrons. The third-order valence-electron chi connectivity index (χ3n) is 18.1. The molecular formula is C59H86N2O21. The topological polar surface area (TPSA) is 293 Å². The average Bonchev–Trinajstić information content (AvgIpc) is 0.964. The van der Waals surface area contributed by atoms with E-state index in [0.29, 0.717) is 38.5 Å². The number of aliphatic hydroxyl groups excluding tert-OH is 3. The number of aliphatic hydroxyl groups is 4. The Hall–Kier alpha value is -3.54. The van der Waals surface area contributed by atoms with Crippen LogP contribution in [0.15, 0.2) is 18.2 Å². The predicted octanol–water partition coefficient (Wildman–Crippen LogP) is 4.31. The van der Waals surface area contributed by atoms with Crippen LogP contribution in [0.1, 0.15) is 168 Å². The molecule has 0 amide bonds. The first-order valence-corrected chi connectivity index (χ1v) is 29.3. The van der Waals surface area contributed by atoms with E-state index in [4.69, 9.17) is 56.8 Å². The van der Waals surface area contributed by atoms with Crippen LogP contribution in [0.25, 0.3) is 0 Å². The number of ketones is 2. The van der Waals surface area contributed by atoms with E-state index in [0.717, 1.165) is 0 Å². The second-order valence-corrected chi connectivity index (χ2v) is 24.6. The molecule has 0 saturated carbocycles. The number of rotatable bonds is 14. The number of aromatic hydroxyl groups is 3. The van der Waals surface area contributed by atoms with Gasteiger partial charge in [0.15, 0.2) is 43.5 Å². The lowest BCUT2D eigenvalue weighted by atomic mass is 9.72. The van der Waals surface area contributed by atoms with Gasteiger partial charge < -0.3 is 102 Å². The fourth-order valence-corrected chi connectivity index (χ4v) is 13.5. The number of carbonyl (C=O) groups excluding carboxylic acids is 2. The number of ether oxygens (including phenoxy) is 12. The zero-order valence-electron chi connectivity index (χ0n) is 48.8. The Balaban J connectivity index is 0.878. The highest BCUT2D eigenvalue weighted by Crippen LogP contribution is 2.57. The Morgan fingerprint density at radius 1 is 0.500 bits per heavy atom. The molecule has 0 aromatic heterocycles. The Kier molecular flexibility index (Phi) is 18.5. The number of nitrogens with zero attached hydrogens (tertiary/aromatic N) is 2. The Morgan fingerprint density at radius 3 is 1.51 bits per heavy atom. The van der Waals surface area contributed by atoms with Crippen molar-refractivity contribution in [3.63, 3.8) is 0 Å². The molecule has 6 fully saturated rings. The molecular weight excluding hydrogens is 1070 g/mol. The fraction of sp³-hybridized carbons (Fsp3) is 0.763. The maximum Gasteiger partial charge on any atom is 0.202 e. The second kappa shape index (κ2) is 24.7. The predicted molar refractivity (Wildman–Crippen MR) is 288 cm³/mol. The van der Waals surface area contributed by atoms with Crippen LogP contribution in [0.3, 0.4) is 0 Å². The van der Waals surface area contributed by atoms with Crippen LogP contribution in [0, 0.1) is 0 Å². The van der Waals surface area contributed by atoms with Crippen molar-refractivity contribution in [2.24, 2.45) is 0 Å². The van der Waals surface area contributed by atoms with Crippen molar-refractivity contribution in [2.45, 2.75) is 260 Å². The van der Waals surface area contributed by atoms with Crippen LogP contribution in [-0.2, 0) is 56.8 Å². The molecule has 23 nitrogen and oxygen atoms in total. The molecule has 0 bridgehead atoms. The van der Waals surface area contributed by atoms with E-state index in [1.54, 1.807) is 13.8 Å². The first-order chi connectivity index (χ1) is 38.8. The van der Waals surface area contributed by atoms with E-state index in [1.165, 1.54) is 25.1 Å². The molecule has 6 saturated heterocycles. The van der Waals surface area contributed by atoms with Gasteiger partial charge in [0.1, 0.15) is 41.7 Å². The summed E-state index contributed by atoms with van der Waals surface area (Å²) < 4.78 is 77.0. The summed E-state index contributed by atoms with van der Waals surface area (Å²) in [5.41, 5.74) is -3.81. The van der Waals surface area contributed by atoms with Crippen molar-refractivity contribution in [1.82, 2.24) is 9.80 Å². The minimum atomic E-state index is -1.92. The number of phenolic OH excluding ortho intramolecular Hbond substituents is 3. The highest BCUT2D eigenvalue weighted by atomic mass is 16.8.